The van der Waals surface area contributed by atoms with Crippen LogP contribution in [0.1, 0.15) is 94.9 Å². The van der Waals surface area contributed by atoms with Crippen LogP contribution in [0.5, 0.6) is 0 Å². The standard InChI is InChI=1S/C37H70N2O12/c1-14-25-37(10,45)30(41)20(4)27(38)18(2)16-35(8,44)32(51-34-28(40)24(39(11)12)15-19(3)47-34)21(5)29(22(6)33(43)49-25)50-26-17-36(9,46-13)31(42)23(7)48-26/h18-32,34,40-42,44-45H,14-17,38H2,1-13H3/t18-,19-,20+,21+,22-,23+,24+,25-,26+,27+,28-,29-,30-,31+,32-,34+,35-,36-,37-/m1/s1. The van der Waals surface area contributed by atoms with Crippen LogP contribution in [0.4, 0.5) is 0 Å². The molecular formula is C37H70N2O12. The van der Waals surface area contributed by atoms with Gasteiger partial charge in [-0.2, -0.15) is 0 Å². The Morgan fingerprint density at radius 3 is 2.08 bits per heavy atom. The Bertz CT molecular complexity index is 1130. The van der Waals surface area contributed by atoms with Crippen molar-refractivity contribution >= 4 is 5.97 Å². The highest BCUT2D eigenvalue weighted by atomic mass is 16.7. The normalized spacial score (nSPS) is 51.2. The van der Waals surface area contributed by atoms with Gasteiger partial charge in [-0.1, -0.05) is 27.7 Å². The number of aliphatic hydroxyl groups excluding tert-OH is 3. The van der Waals surface area contributed by atoms with Gasteiger partial charge in [-0.3, -0.25) is 4.79 Å². The predicted octanol–water partition coefficient (Wildman–Crippen LogP) is 1.54. The lowest BCUT2D eigenvalue weighted by Gasteiger charge is -2.49. The molecule has 3 aliphatic heterocycles. The number of esters is 1. The van der Waals surface area contributed by atoms with Gasteiger partial charge < -0.3 is 64.6 Å². The summed E-state index contributed by atoms with van der Waals surface area (Å²) in [7, 11) is 5.24. The van der Waals surface area contributed by atoms with E-state index in [1.165, 1.54) is 14.0 Å². The van der Waals surface area contributed by atoms with Crippen molar-refractivity contribution in [2.75, 3.05) is 21.2 Å². The molecule has 0 aromatic heterocycles. The molecule has 0 aliphatic carbocycles. The smallest absolute Gasteiger partial charge is 0.311 e. The molecule has 14 nitrogen and oxygen atoms in total. The fourth-order valence-electron chi connectivity index (χ4n) is 8.63. The molecule has 0 unspecified atom stereocenters. The Kier molecular flexibility index (Phi) is 15.0. The van der Waals surface area contributed by atoms with Gasteiger partial charge in [0.2, 0.25) is 0 Å². The third-order valence-electron chi connectivity index (χ3n) is 12.2. The number of hydrogen-bond acceptors (Lipinski definition) is 14. The summed E-state index contributed by atoms with van der Waals surface area (Å²) in [4.78, 5) is 16.0. The molecule has 0 spiro atoms. The fraction of sp³-hybridized carbons (Fsp3) is 0.973. The van der Waals surface area contributed by atoms with Gasteiger partial charge >= 0.3 is 5.97 Å². The average molecular weight is 735 g/mol. The van der Waals surface area contributed by atoms with Crippen LogP contribution in [0.2, 0.25) is 0 Å². The number of carbonyl (C=O) groups excluding carboxylic acids is 1. The number of hydrogen-bond donors (Lipinski definition) is 6. The van der Waals surface area contributed by atoms with Crippen LogP contribution in [0.15, 0.2) is 0 Å². The number of likely N-dealkylation sites (N-methyl/N-ethyl adjacent to an activating group) is 1. The third-order valence-corrected chi connectivity index (χ3v) is 12.2. The molecule has 3 rings (SSSR count). The summed E-state index contributed by atoms with van der Waals surface area (Å²) < 4.78 is 37.3. The minimum Gasteiger partial charge on any atom is -0.459 e. The number of ether oxygens (including phenoxy) is 6. The number of aliphatic hydroxyl groups is 5. The van der Waals surface area contributed by atoms with Crippen LogP contribution in [0.3, 0.4) is 0 Å². The molecule has 300 valence electrons. The lowest BCUT2D eigenvalue weighted by molar-refractivity contribution is -0.318. The largest absolute Gasteiger partial charge is 0.459 e. The lowest BCUT2D eigenvalue weighted by atomic mass is 9.72. The number of rotatable bonds is 7. The van der Waals surface area contributed by atoms with Crippen LogP contribution in [0.25, 0.3) is 0 Å². The first-order valence-corrected chi connectivity index (χ1v) is 18.7. The Balaban J connectivity index is 2.18. The van der Waals surface area contributed by atoms with E-state index in [1.54, 1.807) is 48.5 Å². The van der Waals surface area contributed by atoms with Crippen molar-refractivity contribution in [2.24, 2.45) is 29.4 Å². The topological polar surface area (TPSA) is 203 Å². The Hall–Kier alpha value is -1.01. The van der Waals surface area contributed by atoms with Crippen molar-refractivity contribution in [2.45, 2.75) is 185 Å². The summed E-state index contributed by atoms with van der Waals surface area (Å²) in [6, 6.07) is -0.983. The molecule has 19 atom stereocenters. The fourth-order valence-corrected chi connectivity index (χ4v) is 8.63. The molecule has 7 N–H and O–H groups in total. The Morgan fingerprint density at radius 1 is 0.922 bits per heavy atom. The van der Waals surface area contributed by atoms with E-state index in [1.807, 2.05) is 32.8 Å². The molecule has 51 heavy (non-hydrogen) atoms. The second kappa shape index (κ2) is 17.2. The molecular weight excluding hydrogens is 664 g/mol. The first-order valence-electron chi connectivity index (χ1n) is 18.7. The van der Waals surface area contributed by atoms with Crippen LogP contribution in [0, 0.1) is 23.7 Å². The maximum atomic E-state index is 14.1. The zero-order valence-corrected chi connectivity index (χ0v) is 33.2. The van der Waals surface area contributed by atoms with Crippen molar-refractivity contribution < 1.29 is 58.7 Å². The lowest BCUT2D eigenvalue weighted by Crippen LogP contribution is -2.62. The van der Waals surface area contributed by atoms with Gasteiger partial charge in [0.05, 0.1) is 47.6 Å². The highest BCUT2D eigenvalue weighted by Gasteiger charge is 2.53. The van der Waals surface area contributed by atoms with Gasteiger partial charge in [-0.25, -0.2) is 0 Å². The SMILES string of the molecule is CC[C@H]1OC(=O)[C@H](C)[C@H](O[C@H]2C[C@@](C)(OC)[C@@H](O)[C@H](C)O2)[C@H](C)[C@@H](O[C@@H]2O[C@H](C)C[C@H](N(C)C)[C@H]2O)[C@](C)(O)C[C@@H](C)[C@H](N)[C@H](C)[C@@H](O)[C@]1(C)O. The van der Waals surface area contributed by atoms with E-state index in [0.29, 0.717) is 6.42 Å². The van der Waals surface area contributed by atoms with Crippen molar-refractivity contribution in [3.63, 3.8) is 0 Å². The molecule has 0 bridgehead atoms. The van der Waals surface area contributed by atoms with E-state index in [-0.39, 0.29) is 31.4 Å². The first-order chi connectivity index (χ1) is 23.4. The van der Waals surface area contributed by atoms with Gasteiger partial charge in [-0.05, 0) is 80.8 Å². The highest BCUT2D eigenvalue weighted by Crippen LogP contribution is 2.41. The average Bonchev–Trinajstić information content (AvgIpc) is 3.05. The number of nitrogens with zero attached hydrogens (tertiary/aromatic N) is 1. The van der Waals surface area contributed by atoms with Crippen molar-refractivity contribution in [3.05, 3.63) is 0 Å². The molecule has 3 aliphatic rings. The maximum absolute atomic E-state index is 14.1. The van der Waals surface area contributed by atoms with E-state index >= 15 is 0 Å². The highest BCUT2D eigenvalue weighted by molar-refractivity contribution is 5.73. The summed E-state index contributed by atoms with van der Waals surface area (Å²) >= 11 is 0. The second-order valence-corrected chi connectivity index (χ2v) is 16.8. The summed E-state index contributed by atoms with van der Waals surface area (Å²) in [5.74, 6) is -3.57. The minimum atomic E-state index is -1.85. The zero-order chi connectivity index (χ0) is 39.0. The maximum Gasteiger partial charge on any atom is 0.311 e. The van der Waals surface area contributed by atoms with Gasteiger partial charge in [0.15, 0.2) is 12.6 Å². The van der Waals surface area contributed by atoms with Gasteiger partial charge in [0, 0.05) is 37.5 Å². The molecule has 0 aromatic rings. The molecule has 3 heterocycles. The Morgan fingerprint density at radius 2 is 1.53 bits per heavy atom. The van der Waals surface area contributed by atoms with Crippen LogP contribution >= 0.6 is 0 Å². The number of carbonyl (C=O) groups is 1. The molecule has 0 saturated carbocycles. The quantitative estimate of drug-likeness (QED) is 0.206. The van der Waals surface area contributed by atoms with Crippen molar-refractivity contribution in [1.82, 2.24) is 4.90 Å². The summed E-state index contributed by atoms with van der Waals surface area (Å²) in [6.07, 6.45) is -8.68. The first kappa shape index (κ1) is 44.4. The van der Waals surface area contributed by atoms with E-state index < -0.39 is 108 Å². The second-order valence-electron chi connectivity index (χ2n) is 16.8. The van der Waals surface area contributed by atoms with Gasteiger partial charge in [0.1, 0.15) is 23.9 Å². The number of nitrogens with two attached hydrogens (primary N) is 1. The Labute approximate surface area is 305 Å². The van der Waals surface area contributed by atoms with E-state index in [2.05, 4.69) is 0 Å². The van der Waals surface area contributed by atoms with Gasteiger partial charge in [-0.15, -0.1) is 0 Å². The molecule has 14 heteroatoms. The molecule has 0 aromatic carbocycles. The van der Waals surface area contributed by atoms with Crippen LogP contribution in [-0.4, -0.2) is 148 Å². The summed E-state index contributed by atoms with van der Waals surface area (Å²) in [6.45, 7) is 17.2. The number of methoxy groups -OCH3 is 1. The van der Waals surface area contributed by atoms with E-state index in [0.717, 1.165) is 0 Å². The van der Waals surface area contributed by atoms with Crippen LogP contribution < -0.4 is 5.73 Å². The van der Waals surface area contributed by atoms with E-state index in [9.17, 15) is 30.3 Å². The molecule has 3 saturated heterocycles. The van der Waals surface area contributed by atoms with Crippen molar-refractivity contribution in [1.29, 1.82) is 0 Å². The molecule has 0 amide bonds. The zero-order valence-electron chi connectivity index (χ0n) is 33.2. The van der Waals surface area contributed by atoms with Crippen LogP contribution in [-0.2, 0) is 33.2 Å². The summed E-state index contributed by atoms with van der Waals surface area (Å²) in [5.41, 5.74) is 2.20. The third kappa shape index (κ3) is 9.63. The van der Waals surface area contributed by atoms with Crippen molar-refractivity contribution in [3.8, 4) is 0 Å². The predicted molar refractivity (Wildman–Crippen MR) is 189 cm³/mol. The van der Waals surface area contributed by atoms with Gasteiger partial charge in [0.25, 0.3) is 0 Å². The minimum absolute atomic E-state index is 0.0888. The monoisotopic (exact) mass is 734 g/mol. The number of cyclic esters (lactones) is 1. The molecule has 3 fully saturated rings. The summed E-state index contributed by atoms with van der Waals surface area (Å²) in [5, 5.41) is 58.0. The van der Waals surface area contributed by atoms with E-state index in [4.69, 9.17) is 34.2 Å². The molecule has 0 radical (unpaired) electrons.